The van der Waals surface area contributed by atoms with Crippen molar-refractivity contribution in [2.75, 3.05) is 5.32 Å². The third kappa shape index (κ3) is 3.37. The fourth-order valence-corrected chi connectivity index (χ4v) is 2.92. The molecular formula is C15H25N3O. The van der Waals surface area contributed by atoms with Crippen LogP contribution in [0, 0.1) is 17.3 Å². The average Bonchev–Trinajstić information content (AvgIpc) is 2.74. The normalized spacial score (nSPS) is 24.2. The number of anilines is 1. The average molecular weight is 263 g/mol. The summed E-state index contributed by atoms with van der Waals surface area (Å²) in [5, 5.41) is 2.93. The molecule has 1 aliphatic rings. The maximum Gasteiger partial charge on any atom is 0.229 e. The molecule has 0 saturated heterocycles. The molecule has 19 heavy (non-hydrogen) atoms. The van der Waals surface area contributed by atoms with Crippen LogP contribution in [0.1, 0.15) is 46.5 Å². The minimum absolute atomic E-state index is 0.127. The van der Waals surface area contributed by atoms with Gasteiger partial charge in [-0.1, -0.05) is 20.8 Å². The molecule has 0 spiro atoms. The molecule has 106 valence electrons. The first-order valence-electron chi connectivity index (χ1n) is 7.16. The van der Waals surface area contributed by atoms with Gasteiger partial charge in [-0.2, -0.15) is 0 Å². The molecule has 1 N–H and O–H groups in total. The molecule has 1 heterocycles. The Bertz CT molecular complexity index is 436. The van der Waals surface area contributed by atoms with Crippen molar-refractivity contribution < 1.29 is 4.79 Å². The smallest absolute Gasteiger partial charge is 0.229 e. The molecule has 1 aromatic heterocycles. The lowest BCUT2D eigenvalue weighted by molar-refractivity contribution is -0.121. The zero-order valence-electron chi connectivity index (χ0n) is 12.4. The molecule has 1 saturated carbocycles. The van der Waals surface area contributed by atoms with Crippen molar-refractivity contribution in [3.63, 3.8) is 0 Å². The van der Waals surface area contributed by atoms with Crippen LogP contribution in [0.25, 0.3) is 0 Å². The van der Waals surface area contributed by atoms with E-state index in [2.05, 4.69) is 31.1 Å². The number of nitrogens with zero attached hydrogens (tertiary/aromatic N) is 2. The summed E-state index contributed by atoms with van der Waals surface area (Å²) in [5.41, 5.74) is 0.362. The van der Waals surface area contributed by atoms with Crippen LogP contribution >= 0.6 is 0 Å². The van der Waals surface area contributed by atoms with Crippen molar-refractivity contribution in [1.29, 1.82) is 0 Å². The Morgan fingerprint density at radius 1 is 1.32 bits per heavy atom. The standard InChI is InChI=1S/C15H25N3O/c1-15(2,3)12-7-5-11(6-8-12)13(19)17-14-16-9-10-18(14)4/h9-12H,5-8H2,1-4H3,(H,16,17,19). The molecule has 2 rings (SSSR count). The second-order valence-electron chi connectivity index (χ2n) is 6.77. The number of hydrogen-bond acceptors (Lipinski definition) is 2. The SMILES string of the molecule is Cn1ccnc1NC(=O)C1CCC(C(C)(C)C)CC1. The summed E-state index contributed by atoms with van der Waals surface area (Å²) in [4.78, 5) is 16.3. The van der Waals surface area contributed by atoms with Crippen LogP contribution in [0.15, 0.2) is 12.4 Å². The summed E-state index contributed by atoms with van der Waals surface area (Å²) >= 11 is 0. The number of rotatable bonds is 2. The van der Waals surface area contributed by atoms with Gasteiger partial charge in [0, 0.05) is 25.4 Å². The summed E-state index contributed by atoms with van der Waals surface area (Å²) in [7, 11) is 1.89. The van der Waals surface area contributed by atoms with Gasteiger partial charge in [-0.05, 0) is 37.0 Å². The fourth-order valence-electron chi connectivity index (χ4n) is 2.92. The molecule has 1 amide bonds. The van der Waals surface area contributed by atoms with Crippen molar-refractivity contribution in [3.05, 3.63) is 12.4 Å². The van der Waals surface area contributed by atoms with E-state index >= 15 is 0 Å². The zero-order chi connectivity index (χ0) is 14.0. The number of amides is 1. The van der Waals surface area contributed by atoms with Gasteiger partial charge in [-0.15, -0.1) is 0 Å². The highest BCUT2D eigenvalue weighted by molar-refractivity contribution is 5.91. The largest absolute Gasteiger partial charge is 0.320 e. The molecule has 1 aromatic rings. The van der Waals surface area contributed by atoms with Crippen molar-refractivity contribution in [3.8, 4) is 0 Å². The van der Waals surface area contributed by atoms with Crippen LogP contribution in [-0.2, 0) is 11.8 Å². The molecule has 0 radical (unpaired) electrons. The van der Waals surface area contributed by atoms with E-state index in [0.717, 1.165) is 31.6 Å². The van der Waals surface area contributed by atoms with Crippen molar-refractivity contribution in [2.45, 2.75) is 46.5 Å². The monoisotopic (exact) mass is 263 g/mol. The molecule has 0 atom stereocenters. The van der Waals surface area contributed by atoms with Gasteiger partial charge >= 0.3 is 0 Å². The van der Waals surface area contributed by atoms with E-state index in [-0.39, 0.29) is 11.8 Å². The van der Waals surface area contributed by atoms with Gasteiger partial charge in [0.15, 0.2) is 0 Å². The molecule has 1 aliphatic carbocycles. The number of aromatic nitrogens is 2. The van der Waals surface area contributed by atoms with Crippen LogP contribution in [0.4, 0.5) is 5.95 Å². The minimum atomic E-state index is 0.127. The number of nitrogens with one attached hydrogen (secondary N) is 1. The number of carbonyl (C=O) groups excluding carboxylic acids is 1. The van der Waals surface area contributed by atoms with Gasteiger partial charge in [-0.3, -0.25) is 10.1 Å². The molecule has 4 heteroatoms. The minimum Gasteiger partial charge on any atom is -0.320 e. The molecule has 0 aromatic carbocycles. The topological polar surface area (TPSA) is 46.9 Å². The van der Waals surface area contributed by atoms with E-state index < -0.39 is 0 Å². The second kappa shape index (κ2) is 5.35. The Kier molecular flexibility index (Phi) is 3.97. The van der Waals surface area contributed by atoms with Crippen molar-refractivity contribution in [1.82, 2.24) is 9.55 Å². The van der Waals surface area contributed by atoms with Gasteiger partial charge in [-0.25, -0.2) is 4.98 Å². The van der Waals surface area contributed by atoms with Gasteiger partial charge in [0.05, 0.1) is 0 Å². The molecule has 4 nitrogen and oxygen atoms in total. The van der Waals surface area contributed by atoms with E-state index in [1.165, 1.54) is 0 Å². The highest BCUT2D eigenvalue weighted by atomic mass is 16.2. The third-order valence-corrected chi connectivity index (χ3v) is 4.38. The van der Waals surface area contributed by atoms with Crippen molar-refractivity contribution in [2.24, 2.45) is 24.3 Å². The number of aryl methyl sites for hydroxylation is 1. The summed E-state index contributed by atoms with van der Waals surface area (Å²) in [6, 6.07) is 0. The number of hydrogen-bond donors (Lipinski definition) is 1. The van der Waals surface area contributed by atoms with E-state index in [9.17, 15) is 4.79 Å². The Morgan fingerprint density at radius 2 is 1.95 bits per heavy atom. The Hall–Kier alpha value is -1.32. The maximum atomic E-state index is 12.2. The van der Waals surface area contributed by atoms with E-state index in [1.807, 2.05) is 17.8 Å². The predicted molar refractivity (Wildman–Crippen MR) is 76.7 cm³/mol. The van der Waals surface area contributed by atoms with Crippen LogP contribution in [0.5, 0.6) is 0 Å². The van der Waals surface area contributed by atoms with Crippen LogP contribution in [0.3, 0.4) is 0 Å². The third-order valence-electron chi connectivity index (χ3n) is 4.38. The first-order valence-corrected chi connectivity index (χ1v) is 7.16. The summed E-state index contributed by atoms with van der Waals surface area (Å²) in [6.45, 7) is 6.89. The van der Waals surface area contributed by atoms with E-state index in [4.69, 9.17) is 0 Å². The van der Waals surface area contributed by atoms with Crippen LogP contribution < -0.4 is 5.32 Å². The lowest BCUT2D eigenvalue weighted by Gasteiger charge is -2.36. The van der Waals surface area contributed by atoms with E-state index in [1.54, 1.807) is 6.20 Å². The van der Waals surface area contributed by atoms with Gasteiger partial charge in [0.1, 0.15) is 0 Å². The highest BCUT2D eigenvalue weighted by Gasteiger charge is 2.32. The fraction of sp³-hybridized carbons (Fsp3) is 0.733. The lowest BCUT2D eigenvalue weighted by atomic mass is 9.70. The first-order chi connectivity index (χ1) is 8.88. The molecular weight excluding hydrogens is 238 g/mol. The second-order valence-corrected chi connectivity index (χ2v) is 6.77. The van der Waals surface area contributed by atoms with Gasteiger partial charge in [0.25, 0.3) is 0 Å². The molecule has 0 aliphatic heterocycles. The molecule has 0 unspecified atom stereocenters. The number of carbonyl (C=O) groups is 1. The Balaban J connectivity index is 1.88. The van der Waals surface area contributed by atoms with Crippen LogP contribution in [-0.4, -0.2) is 15.5 Å². The highest BCUT2D eigenvalue weighted by Crippen LogP contribution is 2.39. The first kappa shape index (κ1) is 14.1. The molecule has 0 bridgehead atoms. The van der Waals surface area contributed by atoms with Crippen molar-refractivity contribution >= 4 is 11.9 Å². The summed E-state index contributed by atoms with van der Waals surface area (Å²) < 4.78 is 1.83. The molecule has 1 fully saturated rings. The van der Waals surface area contributed by atoms with Gasteiger partial charge in [0.2, 0.25) is 11.9 Å². The number of imidazole rings is 1. The zero-order valence-corrected chi connectivity index (χ0v) is 12.4. The summed E-state index contributed by atoms with van der Waals surface area (Å²) in [5.74, 6) is 1.66. The Morgan fingerprint density at radius 3 is 2.42 bits per heavy atom. The lowest BCUT2D eigenvalue weighted by Crippen LogP contribution is -2.32. The van der Waals surface area contributed by atoms with Gasteiger partial charge < -0.3 is 4.57 Å². The van der Waals surface area contributed by atoms with E-state index in [0.29, 0.717) is 11.4 Å². The predicted octanol–water partition coefficient (Wildman–Crippen LogP) is 3.21. The maximum absolute atomic E-state index is 12.2. The Labute approximate surface area is 115 Å². The van der Waals surface area contributed by atoms with Crippen LogP contribution in [0.2, 0.25) is 0 Å². The summed E-state index contributed by atoms with van der Waals surface area (Å²) in [6.07, 6.45) is 7.85. The quantitative estimate of drug-likeness (QED) is 0.890.